The van der Waals surface area contributed by atoms with Crippen molar-refractivity contribution in [3.8, 4) is 5.75 Å². The number of hydrogen-bond acceptors (Lipinski definition) is 5. The van der Waals surface area contributed by atoms with Crippen LogP contribution in [-0.4, -0.2) is 63.2 Å². The third-order valence-electron chi connectivity index (χ3n) is 5.29. The van der Waals surface area contributed by atoms with Gasteiger partial charge in [0.2, 0.25) is 5.43 Å². The number of rotatable bonds is 8. The van der Waals surface area contributed by atoms with Crippen molar-refractivity contribution >= 4 is 30.1 Å². The van der Waals surface area contributed by atoms with Crippen LogP contribution in [0.1, 0.15) is 23.7 Å². The number of benzene rings is 1. The van der Waals surface area contributed by atoms with Crippen LogP contribution < -0.4 is 20.4 Å². The molecule has 1 aliphatic rings. The zero-order chi connectivity index (χ0) is 24.7. The van der Waals surface area contributed by atoms with Gasteiger partial charge in [0.25, 0.3) is 0 Å². The molecule has 1 aromatic heterocycles. The molecule has 2 aromatic rings. The Kier molecular flexibility index (Phi) is 9.50. The number of nitrogens with zero attached hydrogens (tertiary/aromatic N) is 2. The summed E-state index contributed by atoms with van der Waals surface area (Å²) < 4.78 is 64.1. The number of fused-ring (bicyclic) bond motifs is 1. The third-order valence-corrected chi connectivity index (χ3v) is 5.29. The van der Waals surface area contributed by atoms with E-state index in [1.807, 2.05) is 11.8 Å². The molecule has 13 heteroatoms. The topological polar surface area (TPSA) is 83.8 Å². The number of aromatic nitrogens is 1. The Morgan fingerprint density at radius 2 is 2.03 bits per heavy atom. The molecule has 1 unspecified atom stereocenters. The molecule has 0 bridgehead atoms. The molecule has 1 atom stereocenters. The number of carboxylic acids is 1. The smallest absolute Gasteiger partial charge is 0.492 e. The number of halogens is 5. The van der Waals surface area contributed by atoms with Crippen molar-refractivity contribution in [3.05, 3.63) is 33.9 Å². The number of aromatic carboxylic acids is 1. The number of ether oxygens (including phenoxy) is 1. The number of carbonyl (C=O) groups is 1. The van der Waals surface area contributed by atoms with E-state index in [1.165, 1.54) is 11.7 Å². The summed E-state index contributed by atoms with van der Waals surface area (Å²) in [7, 11) is -2.31. The first kappa shape index (κ1) is 26.4. The molecule has 3 rings (SSSR count). The van der Waals surface area contributed by atoms with Crippen LogP contribution in [0.5, 0.6) is 5.75 Å². The van der Waals surface area contributed by atoms with Crippen molar-refractivity contribution in [2.24, 2.45) is 5.92 Å². The first-order valence-electron chi connectivity index (χ1n) is 10.3. The Balaban J connectivity index is 0.000000890. The first-order valence-corrected chi connectivity index (χ1v) is 10.3. The van der Waals surface area contributed by atoms with Crippen molar-refractivity contribution in [1.29, 1.82) is 0 Å². The number of pyridine rings is 1. The maximum absolute atomic E-state index is 15.1. The predicted molar refractivity (Wildman–Crippen MR) is 116 cm³/mol. The molecule has 1 saturated heterocycles. The number of anilines is 1. The highest BCUT2D eigenvalue weighted by atomic mass is 19.4. The Hall–Kier alpha value is -2.83. The maximum Gasteiger partial charge on any atom is 0.762 e. The molecule has 2 heterocycles. The highest BCUT2D eigenvalue weighted by Gasteiger charge is 2.30. The van der Waals surface area contributed by atoms with E-state index in [1.54, 1.807) is 0 Å². The number of nitrogens with one attached hydrogen (secondary N) is 1. The van der Waals surface area contributed by atoms with Crippen LogP contribution in [0.25, 0.3) is 10.9 Å². The first-order chi connectivity index (χ1) is 15.7. The van der Waals surface area contributed by atoms with E-state index in [-0.39, 0.29) is 28.9 Å². The van der Waals surface area contributed by atoms with Crippen molar-refractivity contribution in [2.75, 3.05) is 44.9 Å². The number of methoxy groups -OCH3 is 1. The Bertz CT molecular complexity index is 1030. The van der Waals surface area contributed by atoms with Gasteiger partial charge in [-0.2, -0.15) is 0 Å². The van der Waals surface area contributed by atoms with Gasteiger partial charge in [-0.05, 0) is 31.5 Å². The molecule has 1 fully saturated rings. The second kappa shape index (κ2) is 11.9. The lowest BCUT2D eigenvalue weighted by Gasteiger charge is -2.24. The standard InChI is InChI=1S/C20H25F2N3O4.BF3/c1-3-23-9-12-4-6-24(10-12)17-15(22)8-13-16(19(17)29-2)25(7-5-21)11-14(18(13)26)20(27)28;2-1(3)4/h8,11-12,23H,3-7,9-10H2,1-2H3,(H,27,28);. The van der Waals surface area contributed by atoms with Gasteiger partial charge in [0.15, 0.2) is 11.6 Å². The second-order valence-electron chi connectivity index (χ2n) is 7.35. The van der Waals surface area contributed by atoms with Crippen LogP contribution in [0.3, 0.4) is 0 Å². The molecule has 0 amide bonds. The average Bonchev–Trinajstić information content (AvgIpc) is 3.21. The molecule has 7 nitrogen and oxygen atoms in total. The fraction of sp³-hybridized carbons (Fsp3) is 0.500. The monoisotopic (exact) mass is 477 g/mol. The van der Waals surface area contributed by atoms with Gasteiger partial charge in [0.1, 0.15) is 17.9 Å². The number of alkyl halides is 1. The fourth-order valence-electron chi connectivity index (χ4n) is 3.95. The predicted octanol–water partition coefficient (Wildman–Crippen LogP) is 3.13. The lowest BCUT2D eigenvalue weighted by Crippen LogP contribution is -2.27. The number of hydrogen-bond donors (Lipinski definition) is 2. The molecule has 0 spiro atoms. The Morgan fingerprint density at radius 3 is 2.58 bits per heavy atom. The van der Waals surface area contributed by atoms with E-state index < -0.39 is 37.0 Å². The van der Waals surface area contributed by atoms with Gasteiger partial charge >= 0.3 is 13.5 Å². The summed E-state index contributed by atoms with van der Waals surface area (Å²) >= 11 is 0. The molecule has 0 saturated carbocycles. The van der Waals surface area contributed by atoms with Crippen LogP contribution in [0, 0.1) is 11.7 Å². The summed E-state index contributed by atoms with van der Waals surface area (Å²) in [5.41, 5.74) is -0.939. The molecular formula is C20H25BF5N3O4. The van der Waals surface area contributed by atoms with Crippen LogP contribution in [0.15, 0.2) is 17.1 Å². The molecule has 0 aliphatic carbocycles. The Morgan fingerprint density at radius 1 is 1.36 bits per heavy atom. The molecule has 33 heavy (non-hydrogen) atoms. The maximum atomic E-state index is 15.1. The van der Waals surface area contributed by atoms with Gasteiger partial charge in [-0.25, -0.2) is 13.6 Å². The lowest BCUT2D eigenvalue weighted by molar-refractivity contribution is 0.0694. The number of carboxylic acid groups (broad SMARTS) is 1. The summed E-state index contributed by atoms with van der Waals surface area (Å²) in [6.07, 6.45) is 1.97. The lowest BCUT2D eigenvalue weighted by atomic mass is 10.1. The van der Waals surface area contributed by atoms with Gasteiger partial charge in [-0.3, -0.25) is 17.7 Å². The second-order valence-corrected chi connectivity index (χ2v) is 7.35. The highest BCUT2D eigenvalue weighted by Crippen LogP contribution is 2.40. The minimum Gasteiger partial charge on any atom is -0.492 e. The normalized spacial score (nSPS) is 15.4. The fourth-order valence-corrected chi connectivity index (χ4v) is 3.95. The van der Waals surface area contributed by atoms with E-state index in [2.05, 4.69) is 5.32 Å². The summed E-state index contributed by atoms with van der Waals surface area (Å²) in [5.74, 6) is -1.65. The summed E-state index contributed by atoms with van der Waals surface area (Å²) in [4.78, 5) is 25.9. The molecule has 0 radical (unpaired) electrons. The van der Waals surface area contributed by atoms with E-state index in [0.717, 1.165) is 31.8 Å². The van der Waals surface area contributed by atoms with E-state index in [9.17, 15) is 32.0 Å². The van der Waals surface area contributed by atoms with Crippen LogP contribution in [0.4, 0.5) is 27.4 Å². The quantitative estimate of drug-likeness (QED) is 0.449. The Labute approximate surface area is 187 Å². The van der Waals surface area contributed by atoms with Gasteiger partial charge in [0.05, 0.1) is 24.6 Å². The van der Waals surface area contributed by atoms with Gasteiger partial charge in [-0.15, -0.1) is 0 Å². The van der Waals surface area contributed by atoms with Gasteiger partial charge in [0, 0.05) is 19.3 Å². The van der Waals surface area contributed by atoms with Crippen LogP contribution >= 0.6 is 0 Å². The van der Waals surface area contributed by atoms with Gasteiger partial charge < -0.3 is 24.6 Å². The van der Waals surface area contributed by atoms with Crippen molar-refractivity contribution in [2.45, 2.75) is 19.9 Å². The molecule has 2 N–H and O–H groups in total. The SMILES string of the molecule is CCNCC1CCN(c2c(F)cc3c(=O)c(C(=O)O)cn(CCF)c3c2OC)C1.FB(F)F. The van der Waals surface area contributed by atoms with Crippen LogP contribution in [0.2, 0.25) is 0 Å². The zero-order valence-electron chi connectivity index (χ0n) is 18.2. The van der Waals surface area contributed by atoms with Crippen molar-refractivity contribution in [3.63, 3.8) is 0 Å². The molecular weight excluding hydrogens is 452 g/mol. The minimum absolute atomic E-state index is 0.117. The summed E-state index contributed by atoms with van der Waals surface area (Å²) in [6.45, 7) is 3.98. The largest absolute Gasteiger partial charge is 0.762 e. The molecule has 182 valence electrons. The molecule has 1 aromatic carbocycles. The van der Waals surface area contributed by atoms with Crippen molar-refractivity contribution in [1.82, 2.24) is 9.88 Å². The highest BCUT2D eigenvalue weighted by molar-refractivity contribution is 6.33. The third kappa shape index (κ3) is 6.15. The average molecular weight is 477 g/mol. The number of aryl methyl sites for hydroxylation is 1. The van der Waals surface area contributed by atoms with E-state index in [0.29, 0.717) is 19.0 Å². The van der Waals surface area contributed by atoms with E-state index in [4.69, 9.17) is 4.74 Å². The van der Waals surface area contributed by atoms with E-state index >= 15 is 4.39 Å². The summed E-state index contributed by atoms with van der Waals surface area (Å²) in [6, 6.07) is 1.04. The summed E-state index contributed by atoms with van der Waals surface area (Å²) in [5, 5.41) is 12.4. The molecule has 1 aliphatic heterocycles. The zero-order valence-corrected chi connectivity index (χ0v) is 18.2. The van der Waals surface area contributed by atoms with Crippen molar-refractivity contribution < 1.29 is 36.4 Å². The van der Waals surface area contributed by atoms with Crippen LogP contribution in [-0.2, 0) is 6.54 Å². The van der Waals surface area contributed by atoms with Gasteiger partial charge in [-0.1, -0.05) is 6.92 Å². The minimum atomic E-state index is -3.67.